The lowest BCUT2D eigenvalue weighted by Crippen LogP contribution is -2.14. The molecule has 0 unspecified atom stereocenters. The van der Waals surface area contributed by atoms with Gasteiger partial charge in [-0.25, -0.2) is 0 Å². The second-order valence-corrected chi connectivity index (χ2v) is 5.55. The number of carbonyl (C=O) groups excluding carboxylic acids is 1. The van der Waals surface area contributed by atoms with Gasteiger partial charge in [0.2, 0.25) is 5.91 Å². The Morgan fingerprint density at radius 3 is 2.62 bits per heavy atom. The lowest BCUT2D eigenvalue weighted by molar-refractivity contribution is -0.115. The Balaban J connectivity index is 1.78. The highest BCUT2D eigenvalue weighted by molar-refractivity contribution is 5.96. The van der Waals surface area contributed by atoms with E-state index in [0.29, 0.717) is 23.4 Å². The first-order valence-corrected chi connectivity index (χ1v) is 7.75. The molecule has 0 fully saturated rings. The number of hydrogen-bond acceptors (Lipinski definition) is 3. The van der Waals surface area contributed by atoms with Gasteiger partial charge in [-0.3, -0.25) is 4.79 Å². The van der Waals surface area contributed by atoms with Crippen LogP contribution in [-0.2, 0) is 17.8 Å². The van der Waals surface area contributed by atoms with Crippen LogP contribution in [0.5, 0.6) is 5.75 Å². The Morgan fingerprint density at radius 1 is 1.04 bits per heavy atom. The van der Waals surface area contributed by atoms with E-state index in [0.717, 1.165) is 16.3 Å². The molecule has 3 aromatic rings. The molecule has 0 spiro atoms. The maximum absolute atomic E-state index is 12.4. The second-order valence-electron chi connectivity index (χ2n) is 5.55. The van der Waals surface area contributed by atoms with Crippen LogP contribution >= 0.6 is 0 Å². The van der Waals surface area contributed by atoms with Gasteiger partial charge in [0.05, 0.1) is 20.1 Å². The lowest BCUT2D eigenvalue weighted by atomic mass is 10.0. The van der Waals surface area contributed by atoms with Crippen molar-refractivity contribution >= 4 is 22.4 Å². The molecule has 4 heteroatoms. The topological polar surface area (TPSA) is 58.6 Å². The third kappa shape index (κ3) is 3.39. The number of nitrogens with one attached hydrogen (secondary N) is 1. The van der Waals surface area contributed by atoms with Crippen LogP contribution in [0.2, 0.25) is 0 Å². The summed E-state index contributed by atoms with van der Waals surface area (Å²) in [5.41, 5.74) is 2.27. The van der Waals surface area contributed by atoms with Crippen LogP contribution in [0.3, 0.4) is 0 Å². The summed E-state index contributed by atoms with van der Waals surface area (Å²) in [5.74, 6) is 0.505. The van der Waals surface area contributed by atoms with Gasteiger partial charge in [0, 0.05) is 11.3 Å². The normalized spacial score (nSPS) is 10.6. The van der Waals surface area contributed by atoms with Gasteiger partial charge in [-0.05, 0) is 34.5 Å². The molecule has 24 heavy (non-hydrogen) atoms. The standard InChI is InChI=1S/C20H19NO3/c1-24-19-10-9-17(11-16(19)13-22)21-20(23)12-15-7-4-6-14-5-2-3-8-18(14)15/h2-11,22H,12-13H2,1H3,(H,21,23). The number of fused-ring (bicyclic) bond motifs is 1. The van der Waals surface area contributed by atoms with Crippen molar-refractivity contribution in [1.82, 2.24) is 0 Å². The summed E-state index contributed by atoms with van der Waals surface area (Å²) < 4.78 is 5.17. The number of aliphatic hydroxyl groups excluding tert-OH is 1. The number of carbonyl (C=O) groups is 1. The highest BCUT2D eigenvalue weighted by Gasteiger charge is 2.09. The van der Waals surface area contributed by atoms with Gasteiger partial charge in [0.25, 0.3) is 0 Å². The average molecular weight is 321 g/mol. The van der Waals surface area contributed by atoms with Crippen molar-refractivity contribution in [3.8, 4) is 5.75 Å². The van der Waals surface area contributed by atoms with Crippen molar-refractivity contribution in [3.63, 3.8) is 0 Å². The highest BCUT2D eigenvalue weighted by atomic mass is 16.5. The number of hydrogen-bond donors (Lipinski definition) is 2. The number of benzene rings is 3. The van der Waals surface area contributed by atoms with Crippen molar-refractivity contribution in [3.05, 3.63) is 71.8 Å². The zero-order valence-corrected chi connectivity index (χ0v) is 13.5. The molecule has 0 heterocycles. The molecular weight excluding hydrogens is 302 g/mol. The predicted molar refractivity (Wildman–Crippen MR) is 95.2 cm³/mol. The van der Waals surface area contributed by atoms with Crippen molar-refractivity contribution in [1.29, 1.82) is 0 Å². The summed E-state index contributed by atoms with van der Waals surface area (Å²) in [6.07, 6.45) is 0.293. The minimum Gasteiger partial charge on any atom is -0.496 e. The fraction of sp³-hybridized carbons (Fsp3) is 0.150. The number of anilines is 1. The Kier molecular flexibility index (Phi) is 4.77. The molecule has 3 aromatic carbocycles. The highest BCUT2D eigenvalue weighted by Crippen LogP contribution is 2.23. The molecule has 0 saturated heterocycles. The summed E-state index contributed by atoms with van der Waals surface area (Å²) in [6, 6.07) is 19.2. The molecule has 4 nitrogen and oxygen atoms in total. The van der Waals surface area contributed by atoms with Crippen LogP contribution in [0, 0.1) is 0 Å². The van der Waals surface area contributed by atoms with Crippen molar-refractivity contribution in [2.45, 2.75) is 13.0 Å². The van der Waals surface area contributed by atoms with E-state index in [9.17, 15) is 9.90 Å². The zero-order valence-electron chi connectivity index (χ0n) is 13.5. The molecular formula is C20H19NO3. The number of amides is 1. The second kappa shape index (κ2) is 7.15. The average Bonchev–Trinajstić information content (AvgIpc) is 2.62. The van der Waals surface area contributed by atoms with Gasteiger partial charge in [-0.2, -0.15) is 0 Å². The zero-order chi connectivity index (χ0) is 16.9. The van der Waals surface area contributed by atoms with E-state index in [-0.39, 0.29) is 12.5 Å². The first-order valence-electron chi connectivity index (χ1n) is 7.75. The van der Waals surface area contributed by atoms with E-state index in [1.54, 1.807) is 25.3 Å². The minimum atomic E-state index is -0.143. The van der Waals surface area contributed by atoms with Crippen LogP contribution in [0.15, 0.2) is 60.7 Å². The summed E-state index contributed by atoms with van der Waals surface area (Å²) >= 11 is 0. The summed E-state index contributed by atoms with van der Waals surface area (Å²) in [4.78, 5) is 12.4. The molecule has 122 valence electrons. The van der Waals surface area contributed by atoms with Crippen molar-refractivity contribution in [2.75, 3.05) is 12.4 Å². The van der Waals surface area contributed by atoms with E-state index < -0.39 is 0 Å². The summed E-state index contributed by atoms with van der Waals surface area (Å²) in [7, 11) is 1.55. The summed E-state index contributed by atoms with van der Waals surface area (Å²) in [5, 5.41) is 14.4. The smallest absolute Gasteiger partial charge is 0.228 e. The van der Waals surface area contributed by atoms with Gasteiger partial charge in [-0.1, -0.05) is 42.5 Å². The van der Waals surface area contributed by atoms with Crippen molar-refractivity contribution < 1.29 is 14.6 Å². The number of aliphatic hydroxyl groups is 1. The third-order valence-electron chi connectivity index (χ3n) is 3.97. The molecule has 0 aliphatic carbocycles. The van der Waals surface area contributed by atoms with E-state index in [2.05, 4.69) is 5.32 Å². The van der Waals surface area contributed by atoms with Gasteiger partial charge in [0.1, 0.15) is 5.75 Å². The van der Waals surface area contributed by atoms with E-state index in [4.69, 9.17) is 4.74 Å². The van der Waals surface area contributed by atoms with Crippen LogP contribution in [0.25, 0.3) is 10.8 Å². The summed E-state index contributed by atoms with van der Waals surface area (Å²) in [6.45, 7) is -0.143. The Morgan fingerprint density at radius 2 is 1.83 bits per heavy atom. The molecule has 0 aliphatic heterocycles. The van der Waals surface area contributed by atoms with Crippen LogP contribution in [-0.4, -0.2) is 18.1 Å². The first kappa shape index (κ1) is 16.0. The molecule has 0 aliphatic rings. The molecule has 0 atom stereocenters. The maximum Gasteiger partial charge on any atom is 0.228 e. The van der Waals surface area contributed by atoms with Crippen LogP contribution in [0.1, 0.15) is 11.1 Å². The molecule has 0 bridgehead atoms. The number of methoxy groups -OCH3 is 1. The third-order valence-corrected chi connectivity index (χ3v) is 3.97. The number of rotatable bonds is 5. The van der Waals surface area contributed by atoms with Crippen LogP contribution < -0.4 is 10.1 Å². The van der Waals surface area contributed by atoms with E-state index >= 15 is 0 Å². The van der Waals surface area contributed by atoms with E-state index in [1.807, 2.05) is 42.5 Å². The quantitative estimate of drug-likeness (QED) is 0.756. The van der Waals surface area contributed by atoms with Crippen molar-refractivity contribution in [2.24, 2.45) is 0 Å². The van der Waals surface area contributed by atoms with Gasteiger partial charge < -0.3 is 15.2 Å². The Bertz CT molecular complexity index is 868. The monoisotopic (exact) mass is 321 g/mol. The van der Waals surface area contributed by atoms with Gasteiger partial charge in [-0.15, -0.1) is 0 Å². The molecule has 2 N–H and O–H groups in total. The molecule has 0 aromatic heterocycles. The van der Waals surface area contributed by atoms with E-state index in [1.165, 1.54) is 0 Å². The largest absolute Gasteiger partial charge is 0.496 e. The van der Waals surface area contributed by atoms with Crippen LogP contribution in [0.4, 0.5) is 5.69 Å². The van der Waals surface area contributed by atoms with Gasteiger partial charge in [0.15, 0.2) is 0 Å². The molecule has 0 radical (unpaired) electrons. The lowest BCUT2D eigenvalue weighted by Gasteiger charge is -2.11. The van der Waals surface area contributed by atoms with Gasteiger partial charge >= 0.3 is 0 Å². The molecule has 1 amide bonds. The fourth-order valence-electron chi connectivity index (χ4n) is 2.80. The fourth-order valence-corrected chi connectivity index (χ4v) is 2.80. The Labute approximate surface area is 140 Å². The number of ether oxygens (including phenoxy) is 1. The predicted octanol–water partition coefficient (Wildman–Crippen LogP) is 3.52. The first-order chi connectivity index (χ1) is 11.7. The molecule has 0 saturated carbocycles. The minimum absolute atomic E-state index is 0.0968. The SMILES string of the molecule is COc1ccc(NC(=O)Cc2cccc3ccccc23)cc1CO. The Hall–Kier alpha value is -2.85. The molecule has 3 rings (SSSR count). The maximum atomic E-state index is 12.4.